The highest BCUT2D eigenvalue weighted by molar-refractivity contribution is 7.10. The van der Waals surface area contributed by atoms with Crippen LogP contribution < -0.4 is 0 Å². The van der Waals surface area contributed by atoms with E-state index in [0.29, 0.717) is 6.04 Å². The van der Waals surface area contributed by atoms with E-state index in [9.17, 15) is 4.79 Å². The van der Waals surface area contributed by atoms with Crippen molar-refractivity contribution >= 4 is 23.4 Å². The van der Waals surface area contributed by atoms with Crippen LogP contribution >= 0.6 is 11.3 Å². The Morgan fingerprint density at radius 3 is 2.95 bits per heavy atom. The van der Waals surface area contributed by atoms with Gasteiger partial charge < -0.3 is 5.11 Å². The topological polar surface area (TPSA) is 40.5 Å². The van der Waals surface area contributed by atoms with E-state index in [4.69, 9.17) is 5.11 Å². The molecule has 20 heavy (non-hydrogen) atoms. The van der Waals surface area contributed by atoms with Gasteiger partial charge >= 0.3 is 5.97 Å². The summed E-state index contributed by atoms with van der Waals surface area (Å²) in [6.07, 6.45) is 4.17. The van der Waals surface area contributed by atoms with Gasteiger partial charge in [0.2, 0.25) is 0 Å². The highest BCUT2D eigenvalue weighted by Crippen LogP contribution is 2.29. The summed E-state index contributed by atoms with van der Waals surface area (Å²) in [5, 5.41) is 10.7. The van der Waals surface area contributed by atoms with E-state index in [0.717, 1.165) is 30.5 Å². The molecule has 1 N–H and O–H groups in total. The molecule has 0 amide bonds. The summed E-state index contributed by atoms with van der Waals surface area (Å²) in [6, 6.07) is 2.71. The number of hydrogen-bond donors (Lipinski definition) is 1. The van der Waals surface area contributed by atoms with Crippen molar-refractivity contribution in [3.05, 3.63) is 28.0 Å². The summed E-state index contributed by atoms with van der Waals surface area (Å²) in [6.45, 7) is 9.11. The zero-order valence-electron chi connectivity index (χ0n) is 12.4. The Bertz CT molecular complexity index is 494. The number of piperidine rings is 1. The van der Waals surface area contributed by atoms with Crippen LogP contribution in [-0.4, -0.2) is 28.6 Å². The van der Waals surface area contributed by atoms with E-state index in [1.54, 1.807) is 17.4 Å². The maximum atomic E-state index is 10.5. The summed E-state index contributed by atoms with van der Waals surface area (Å²) < 4.78 is 0. The molecule has 1 saturated heterocycles. The van der Waals surface area contributed by atoms with E-state index in [1.165, 1.54) is 17.4 Å². The van der Waals surface area contributed by atoms with Gasteiger partial charge in [0.25, 0.3) is 0 Å². The number of carbonyl (C=O) groups is 1. The normalized spacial score (nSPS) is 28.1. The van der Waals surface area contributed by atoms with Gasteiger partial charge in [-0.15, -0.1) is 11.3 Å². The predicted octanol–water partition coefficient (Wildman–Crippen LogP) is 3.71. The second kappa shape index (κ2) is 6.55. The molecule has 0 aliphatic carbocycles. The standard InChI is InChI=1S/C16H23NO2S/c1-11-6-12(2)13(3)17(8-11)9-15-7-14(10-20-15)4-5-16(18)19/h4-5,7,10-13H,6,8-9H2,1-3H3,(H,18,19)/b5-4+. The van der Waals surface area contributed by atoms with Gasteiger partial charge in [0, 0.05) is 30.1 Å². The molecule has 0 bridgehead atoms. The third kappa shape index (κ3) is 3.93. The first kappa shape index (κ1) is 15.3. The zero-order chi connectivity index (χ0) is 14.7. The monoisotopic (exact) mass is 293 g/mol. The van der Waals surface area contributed by atoms with Crippen LogP contribution in [0, 0.1) is 11.8 Å². The molecular formula is C16H23NO2S. The number of likely N-dealkylation sites (tertiary alicyclic amines) is 1. The smallest absolute Gasteiger partial charge is 0.328 e. The molecule has 0 spiro atoms. The first-order valence-electron chi connectivity index (χ1n) is 7.18. The van der Waals surface area contributed by atoms with Gasteiger partial charge in [-0.25, -0.2) is 4.79 Å². The molecule has 0 aromatic carbocycles. The third-order valence-corrected chi connectivity index (χ3v) is 5.11. The Labute approximate surface area is 124 Å². The number of rotatable bonds is 4. The largest absolute Gasteiger partial charge is 0.478 e. The van der Waals surface area contributed by atoms with E-state index in [-0.39, 0.29) is 0 Å². The van der Waals surface area contributed by atoms with Gasteiger partial charge in [-0.05, 0) is 48.3 Å². The molecular weight excluding hydrogens is 270 g/mol. The van der Waals surface area contributed by atoms with Gasteiger partial charge in [-0.1, -0.05) is 13.8 Å². The third-order valence-electron chi connectivity index (χ3n) is 4.17. The van der Waals surface area contributed by atoms with Crippen molar-refractivity contribution in [3.63, 3.8) is 0 Å². The molecule has 110 valence electrons. The second-order valence-corrected chi connectivity index (χ2v) is 7.00. The number of thiophene rings is 1. The van der Waals surface area contributed by atoms with Crippen LogP contribution in [0.4, 0.5) is 0 Å². The number of carboxylic acids is 1. The molecule has 2 heterocycles. The highest BCUT2D eigenvalue weighted by Gasteiger charge is 2.28. The minimum Gasteiger partial charge on any atom is -0.478 e. The summed E-state index contributed by atoms with van der Waals surface area (Å²) in [4.78, 5) is 14.4. The average Bonchev–Trinajstić information content (AvgIpc) is 2.80. The first-order chi connectivity index (χ1) is 9.45. The van der Waals surface area contributed by atoms with Crippen LogP contribution in [0.2, 0.25) is 0 Å². The average molecular weight is 293 g/mol. The quantitative estimate of drug-likeness (QED) is 0.860. The summed E-state index contributed by atoms with van der Waals surface area (Å²) in [5.74, 6) is 0.600. The molecule has 2 rings (SSSR count). The highest BCUT2D eigenvalue weighted by atomic mass is 32.1. The molecule has 1 aliphatic heterocycles. The minimum absolute atomic E-state index is 0.617. The van der Waals surface area contributed by atoms with Gasteiger partial charge in [-0.2, -0.15) is 0 Å². The molecule has 1 fully saturated rings. The van der Waals surface area contributed by atoms with Crippen molar-refractivity contribution < 1.29 is 9.90 Å². The Morgan fingerprint density at radius 2 is 2.25 bits per heavy atom. The molecule has 3 atom stereocenters. The van der Waals surface area contributed by atoms with Crippen molar-refractivity contribution in [3.8, 4) is 0 Å². The van der Waals surface area contributed by atoms with E-state index in [1.807, 2.05) is 5.38 Å². The van der Waals surface area contributed by atoms with Crippen LogP contribution in [0.5, 0.6) is 0 Å². The fourth-order valence-corrected chi connectivity index (χ4v) is 3.86. The molecule has 1 aromatic rings. The Hall–Kier alpha value is -1.13. The van der Waals surface area contributed by atoms with Gasteiger partial charge in [0.1, 0.15) is 0 Å². The number of carboxylic acid groups (broad SMARTS) is 1. The zero-order valence-corrected chi connectivity index (χ0v) is 13.2. The molecule has 1 aliphatic rings. The minimum atomic E-state index is -0.898. The lowest BCUT2D eigenvalue weighted by atomic mass is 9.86. The maximum Gasteiger partial charge on any atom is 0.328 e. The van der Waals surface area contributed by atoms with Crippen LogP contribution in [-0.2, 0) is 11.3 Å². The summed E-state index contributed by atoms with van der Waals surface area (Å²) in [7, 11) is 0. The predicted molar refractivity (Wildman–Crippen MR) is 83.8 cm³/mol. The van der Waals surface area contributed by atoms with Crippen LogP contribution in [0.15, 0.2) is 17.5 Å². The van der Waals surface area contributed by atoms with Crippen LogP contribution in [0.25, 0.3) is 6.08 Å². The van der Waals surface area contributed by atoms with Crippen molar-refractivity contribution in [2.75, 3.05) is 6.54 Å². The van der Waals surface area contributed by atoms with Gasteiger partial charge in [-0.3, -0.25) is 4.90 Å². The van der Waals surface area contributed by atoms with Crippen molar-refractivity contribution in [2.45, 2.75) is 39.8 Å². The molecule has 3 nitrogen and oxygen atoms in total. The number of aliphatic carboxylic acids is 1. The molecule has 1 aromatic heterocycles. The first-order valence-corrected chi connectivity index (χ1v) is 8.06. The van der Waals surface area contributed by atoms with Gasteiger partial charge in [0.05, 0.1) is 0 Å². The lowest BCUT2D eigenvalue weighted by Gasteiger charge is -2.40. The second-order valence-electron chi connectivity index (χ2n) is 6.01. The maximum absolute atomic E-state index is 10.5. The molecule has 0 saturated carbocycles. The Balaban J connectivity index is 2.00. The fourth-order valence-electron chi connectivity index (χ4n) is 2.98. The van der Waals surface area contributed by atoms with Crippen molar-refractivity contribution in [1.29, 1.82) is 0 Å². The van der Waals surface area contributed by atoms with Gasteiger partial charge in [0.15, 0.2) is 0 Å². The van der Waals surface area contributed by atoms with E-state index >= 15 is 0 Å². The summed E-state index contributed by atoms with van der Waals surface area (Å²) in [5.41, 5.74) is 0.984. The molecule has 4 heteroatoms. The number of nitrogens with zero attached hydrogens (tertiary/aromatic N) is 1. The fraction of sp³-hybridized carbons (Fsp3) is 0.562. The lowest BCUT2D eigenvalue weighted by Crippen LogP contribution is -2.44. The SMILES string of the molecule is CC1CC(C)C(C)N(Cc2cc(/C=C/C(=O)O)cs2)C1. The Morgan fingerprint density at radius 1 is 1.50 bits per heavy atom. The van der Waals surface area contributed by atoms with Crippen molar-refractivity contribution in [2.24, 2.45) is 11.8 Å². The van der Waals surface area contributed by atoms with E-state index < -0.39 is 5.97 Å². The van der Waals surface area contributed by atoms with Crippen LogP contribution in [0.1, 0.15) is 37.6 Å². The molecule has 0 radical (unpaired) electrons. The Kier molecular flexibility index (Phi) is 5.00. The number of hydrogen-bond acceptors (Lipinski definition) is 3. The summed E-state index contributed by atoms with van der Waals surface area (Å²) >= 11 is 1.71. The van der Waals surface area contributed by atoms with Crippen LogP contribution in [0.3, 0.4) is 0 Å². The lowest BCUT2D eigenvalue weighted by molar-refractivity contribution is -0.131. The van der Waals surface area contributed by atoms with E-state index in [2.05, 4.69) is 31.7 Å². The van der Waals surface area contributed by atoms with Crippen molar-refractivity contribution in [1.82, 2.24) is 4.90 Å². The molecule has 3 unspecified atom stereocenters.